The number of carbonyl (C=O) groups excluding carboxylic acids is 1. The first-order valence-corrected chi connectivity index (χ1v) is 7.55. The van der Waals surface area contributed by atoms with Crippen molar-refractivity contribution in [3.8, 4) is 0 Å². The van der Waals surface area contributed by atoms with Gasteiger partial charge in [0.15, 0.2) is 0 Å². The highest BCUT2D eigenvalue weighted by molar-refractivity contribution is 7.99. The Morgan fingerprint density at radius 2 is 2.32 bits per heavy atom. The molecule has 1 heterocycles. The monoisotopic (exact) mass is 285 g/mol. The predicted molar refractivity (Wildman–Crippen MR) is 77.5 cm³/mol. The summed E-state index contributed by atoms with van der Waals surface area (Å²) in [5, 5.41) is 3.07. The molecule has 5 heteroatoms. The van der Waals surface area contributed by atoms with Gasteiger partial charge in [0.05, 0.1) is 12.9 Å². The van der Waals surface area contributed by atoms with Crippen LogP contribution in [-0.4, -0.2) is 30.9 Å². The molecule has 0 aliphatic heterocycles. The van der Waals surface area contributed by atoms with Crippen LogP contribution in [0.15, 0.2) is 21.6 Å². The van der Waals surface area contributed by atoms with Crippen LogP contribution in [0.1, 0.15) is 32.4 Å². The largest absolute Gasteiger partial charge is 0.468 e. The second-order valence-corrected chi connectivity index (χ2v) is 5.73. The van der Waals surface area contributed by atoms with Gasteiger partial charge in [-0.1, -0.05) is 0 Å². The van der Waals surface area contributed by atoms with Crippen molar-refractivity contribution in [3.05, 3.63) is 18.1 Å². The Labute approximate surface area is 119 Å². The molecule has 0 aliphatic carbocycles. The molecule has 108 valence electrons. The number of aryl methyl sites for hydroxylation is 1. The van der Waals surface area contributed by atoms with E-state index in [1.807, 2.05) is 26.8 Å². The third-order valence-corrected chi connectivity index (χ3v) is 4.39. The number of likely N-dealkylation sites (N-methyl/N-ethyl adjacent to an activating group) is 1. The van der Waals surface area contributed by atoms with E-state index < -0.39 is 5.54 Å². The minimum Gasteiger partial charge on any atom is -0.468 e. The van der Waals surface area contributed by atoms with E-state index >= 15 is 0 Å². The summed E-state index contributed by atoms with van der Waals surface area (Å²) in [5.74, 6) is 1.73. The lowest BCUT2D eigenvalue weighted by Gasteiger charge is -2.26. The zero-order chi connectivity index (χ0) is 14.3. The number of thioether (sulfide) groups is 1. The summed E-state index contributed by atoms with van der Waals surface area (Å²) in [6.45, 7) is 6.09. The molecule has 0 spiro atoms. The molecule has 0 amide bonds. The van der Waals surface area contributed by atoms with Crippen molar-refractivity contribution in [2.24, 2.45) is 0 Å². The lowest BCUT2D eigenvalue weighted by atomic mass is 9.97. The van der Waals surface area contributed by atoms with Gasteiger partial charge in [0.25, 0.3) is 0 Å². The van der Waals surface area contributed by atoms with Crippen molar-refractivity contribution in [2.75, 3.05) is 19.4 Å². The zero-order valence-electron chi connectivity index (χ0n) is 12.1. The van der Waals surface area contributed by atoms with Crippen molar-refractivity contribution in [3.63, 3.8) is 0 Å². The van der Waals surface area contributed by atoms with Gasteiger partial charge in [-0.25, -0.2) is 0 Å². The molecule has 0 aliphatic rings. The highest BCUT2D eigenvalue weighted by Crippen LogP contribution is 2.25. The molecule has 0 saturated carbocycles. The van der Waals surface area contributed by atoms with Gasteiger partial charge >= 0.3 is 5.97 Å². The Morgan fingerprint density at radius 1 is 1.58 bits per heavy atom. The van der Waals surface area contributed by atoms with E-state index in [9.17, 15) is 4.79 Å². The number of furan rings is 1. The number of hydrogen-bond acceptors (Lipinski definition) is 5. The summed E-state index contributed by atoms with van der Waals surface area (Å²) >= 11 is 1.76. The maximum Gasteiger partial charge on any atom is 0.326 e. The molecule has 1 rings (SSSR count). The smallest absolute Gasteiger partial charge is 0.326 e. The summed E-state index contributed by atoms with van der Waals surface area (Å²) in [7, 11) is 1.80. The summed E-state index contributed by atoms with van der Waals surface area (Å²) in [4.78, 5) is 13.0. The van der Waals surface area contributed by atoms with E-state index in [0.29, 0.717) is 6.61 Å². The minimum absolute atomic E-state index is 0.179. The molecule has 0 fully saturated rings. The standard InChI is InChI=1S/C14H23NO3S/c1-5-17-13(16)14(3,15-4)8-6-10-19-12-7-9-18-11(12)2/h7,9,15H,5-6,8,10H2,1-4H3. The molecule has 1 aromatic rings. The number of ether oxygens (including phenoxy) is 1. The highest BCUT2D eigenvalue weighted by Gasteiger charge is 2.32. The third-order valence-electron chi connectivity index (χ3n) is 3.17. The zero-order valence-corrected chi connectivity index (χ0v) is 12.9. The molecule has 0 bridgehead atoms. The van der Waals surface area contributed by atoms with E-state index in [4.69, 9.17) is 9.15 Å². The maximum absolute atomic E-state index is 11.9. The number of carbonyl (C=O) groups is 1. The second kappa shape index (κ2) is 7.60. The first-order valence-electron chi connectivity index (χ1n) is 6.56. The fraction of sp³-hybridized carbons (Fsp3) is 0.643. The Balaban J connectivity index is 2.37. The van der Waals surface area contributed by atoms with Gasteiger partial charge in [0, 0.05) is 4.90 Å². The van der Waals surface area contributed by atoms with Crippen LogP contribution in [0, 0.1) is 6.92 Å². The molecule has 0 aromatic carbocycles. The van der Waals surface area contributed by atoms with Gasteiger partial charge < -0.3 is 14.5 Å². The number of nitrogens with one attached hydrogen (secondary N) is 1. The summed E-state index contributed by atoms with van der Waals surface area (Å²) in [6, 6.07) is 1.97. The first-order chi connectivity index (χ1) is 9.03. The molecule has 1 aromatic heterocycles. The molecular formula is C14H23NO3S. The SMILES string of the molecule is CCOC(=O)C(C)(CCCSc1ccoc1C)NC. The molecule has 1 N–H and O–H groups in total. The number of esters is 1. The van der Waals surface area contributed by atoms with Crippen LogP contribution < -0.4 is 5.32 Å². The molecule has 1 unspecified atom stereocenters. The minimum atomic E-state index is -0.595. The van der Waals surface area contributed by atoms with Gasteiger partial charge in [-0.05, 0) is 52.5 Å². The van der Waals surface area contributed by atoms with E-state index in [-0.39, 0.29) is 5.97 Å². The van der Waals surface area contributed by atoms with Gasteiger partial charge in [-0.15, -0.1) is 11.8 Å². The molecule has 4 nitrogen and oxygen atoms in total. The highest BCUT2D eigenvalue weighted by atomic mass is 32.2. The first kappa shape index (κ1) is 16.1. The van der Waals surface area contributed by atoms with Crippen molar-refractivity contribution < 1.29 is 13.9 Å². The van der Waals surface area contributed by atoms with Crippen molar-refractivity contribution in [1.82, 2.24) is 5.32 Å². The summed E-state index contributed by atoms with van der Waals surface area (Å²) in [5.41, 5.74) is -0.595. The molecule has 19 heavy (non-hydrogen) atoms. The van der Waals surface area contributed by atoms with E-state index in [1.165, 1.54) is 4.90 Å². The quantitative estimate of drug-likeness (QED) is 0.452. The van der Waals surface area contributed by atoms with Gasteiger partial charge in [0.2, 0.25) is 0 Å². The Hall–Kier alpha value is -0.940. The average molecular weight is 285 g/mol. The summed E-state index contributed by atoms with van der Waals surface area (Å²) < 4.78 is 10.3. The normalized spacial score (nSPS) is 14.1. The van der Waals surface area contributed by atoms with Crippen LogP contribution in [0.3, 0.4) is 0 Å². The second-order valence-electron chi connectivity index (χ2n) is 4.60. The van der Waals surface area contributed by atoms with Gasteiger partial charge in [-0.3, -0.25) is 4.79 Å². The number of rotatable bonds is 8. The average Bonchev–Trinajstić information content (AvgIpc) is 2.80. The molecular weight excluding hydrogens is 262 g/mol. The van der Waals surface area contributed by atoms with Crippen LogP contribution in [0.4, 0.5) is 0 Å². The van der Waals surface area contributed by atoms with Crippen molar-refractivity contribution in [1.29, 1.82) is 0 Å². The van der Waals surface area contributed by atoms with Crippen LogP contribution in [-0.2, 0) is 9.53 Å². The molecule has 0 radical (unpaired) electrons. The summed E-state index contributed by atoms with van der Waals surface area (Å²) in [6.07, 6.45) is 3.39. The topological polar surface area (TPSA) is 51.5 Å². The van der Waals surface area contributed by atoms with Crippen LogP contribution >= 0.6 is 11.8 Å². The lowest BCUT2D eigenvalue weighted by Crippen LogP contribution is -2.48. The Bertz CT molecular complexity index is 405. The van der Waals surface area contributed by atoms with Crippen molar-refractivity contribution in [2.45, 2.75) is 44.0 Å². The third kappa shape index (κ3) is 4.58. The molecule has 0 saturated heterocycles. The predicted octanol–water partition coefficient (Wildman–Crippen LogP) is 3.00. The molecule has 1 atom stereocenters. The van der Waals surface area contributed by atoms with Gasteiger partial charge in [0.1, 0.15) is 11.3 Å². The van der Waals surface area contributed by atoms with E-state index in [1.54, 1.807) is 25.1 Å². The van der Waals surface area contributed by atoms with Crippen LogP contribution in [0.2, 0.25) is 0 Å². The fourth-order valence-electron chi connectivity index (χ4n) is 1.75. The van der Waals surface area contributed by atoms with E-state index in [2.05, 4.69) is 5.32 Å². The van der Waals surface area contributed by atoms with Crippen molar-refractivity contribution >= 4 is 17.7 Å². The maximum atomic E-state index is 11.9. The fourth-order valence-corrected chi connectivity index (χ4v) is 2.66. The lowest BCUT2D eigenvalue weighted by molar-refractivity contribution is -0.150. The van der Waals surface area contributed by atoms with Crippen LogP contribution in [0.25, 0.3) is 0 Å². The van der Waals surface area contributed by atoms with Gasteiger partial charge in [-0.2, -0.15) is 0 Å². The number of hydrogen-bond donors (Lipinski definition) is 1. The Kier molecular flexibility index (Phi) is 6.45. The van der Waals surface area contributed by atoms with E-state index in [0.717, 1.165) is 24.4 Å². The van der Waals surface area contributed by atoms with Crippen LogP contribution in [0.5, 0.6) is 0 Å². The Morgan fingerprint density at radius 3 is 2.84 bits per heavy atom.